The molecule has 0 saturated carbocycles. The molecule has 2 aromatic heterocycles. The molecule has 7 nitrogen and oxygen atoms in total. The second kappa shape index (κ2) is 7.58. The average molecular weight is 483 g/mol. The van der Waals surface area contributed by atoms with E-state index in [1.807, 2.05) is 54.1 Å². The summed E-state index contributed by atoms with van der Waals surface area (Å²) in [6.45, 7) is 2.14. The third kappa shape index (κ3) is 3.35. The van der Waals surface area contributed by atoms with Crippen LogP contribution < -0.4 is 14.9 Å². The van der Waals surface area contributed by atoms with E-state index < -0.39 is 0 Å². The van der Waals surface area contributed by atoms with Crippen LogP contribution >= 0.6 is 27.3 Å². The van der Waals surface area contributed by atoms with Gasteiger partial charge in [0.2, 0.25) is 6.79 Å². The van der Waals surface area contributed by atoms with Crippen LogP contribution in [0.4, 0.5) is 0 Å². The Morgan fingerprint density at radius 3 is 2.80 bits per heavy atom. The zero-order valence-electron chi connectivity index (χ0n) is 15.8. The van der Waals surface area contributed by atoms with Crippen LogP contribution in [0, 0.1) is 6.92 Å². The van der Waals surface area contributed by atoms with E-state index in [0.29, 0.717) is 16.4 Å². The molecule has 0 radical (unpaired) electrons. The van der Waals surface area contributed by atoms with Crippen LogP contribution in [0.2, 0.25) is 0 Å². The number of hydrazone groups is 1. The smallest absolute Gasteiger partial charge is 0.281 e. The highest BCUT2D eigenvalue weighted by molar-refractivity contribution is 9.10. The maximum absolute atomic E-state index is 12.6. The molecule has 150 valence electrons. The van der Waals surface area contributed by atoms with Crippen molar-refractivity contribution in [3.8, 4) is 17.2 Å². The predicted octanol–water partition coefficient (Wildman–Crippen LogP) is 4.65. The van der Waals surface area contributed by atoms with Gasteiger partial charge in [0.05, 0.1) is 22.5 Å². The molecule has 1 aliphatic rings. The number of fused-ring (bicyclic) bond motifs is 2. The lowest BCUT2D eigenvalue weighted by Gasteiger charge is -2.02. The van der Waals surface area contributed by atoms with Gasteiger partial charge in [-0.2, -0.15) is 10.2 Å². The summed E-state index contributed by atoms with van der Waals surface area (Å²) in [5.74, 6) is 1.05. The van der Waals surface area contributed by atoms with E-state index in [0.717, 1.165) is 31.6 Å². The molecule has 0 fully saturated rings. The van der Waals surface area contributed by atoms with Crippen molar-refractivity contribution in [3.63, 3.8) is 0 Å². The Kier molecular flexibility index (Phi) is 4.76. The van der Waals surface area contributed by atoms with Gasteiger partial charge in [-0.05, 0) is 53.2 Å². The Morgan fingerprint density at radius 1 is 1.23 bits per heavy atom. The summed E-state index contributed by atoms with van der Waals surface area (Å²) in [6, 6.07) is 15.3. The normalized spacial score (nSPS) is 12.7. The minimum Gasteiger partial charge on any atom is -0.454 e. The molecule has 0 bridgehead atoms. The van der Waals surface area contributed by atoms with Crippen molar-refractivity contribution in [2.24, 2.45) is 5.10 Å². The number of aromatic nitrogens is 2. The summed E-state index contributed by atoms with van der Waals surface area (Å²) in [7, 11) is 0. The van der Waals surface area contributed by atoms with E-state index in [4.69, 9.17) is 9.47 Å². The number of para-hydroxylation sites is 1. The molecule has 0 saturated heterocycles. The number of thiophene rings is 1. The quantitative estimate of drug-likeness (QED) is 0.339. The number of nitrogens with one attached hydrogen (secondary N) is 1. The zero-order valence-corrected chi connectivity index (χ0v) is 18.2. The Balaban J connectivity index is 1.37. The monoisotopic (exact) mass is 482 g/mol. The van der Waals surface area contributed by atoms with Crippen molar-refractivity contribution in [2.45, 2.75) is 6.92 Å². The molecule has 4 aromatic rings. The van der Waals surface area contributed by atoms with Crippen LogP contribution in [-0.4, -0.2) is 28.7 Å². The van der Waals surface area contributed by atoms with Gasteiger partial charge in [-0.15, -0.1) is 11.3 Å². The highest BCUT2D eigenvalue weighted by Crippen LogP contribution is 2.36. The van der Waals surface area contributed by atoms with E-state index in [2.05, 4.69) is 31.6 Å². The van der Waals surface area contributed by atoms with Crippen molar-refractivity contribution >= 4 is 49.6 Å². The minimum atomic E-state index is -0.275. The molecule has 9 heteroatoms. The summed E-state index contributed by atoms with van der Waals surface area (Å²) in [5, 5.41) is 9.65. The van der Waals surface area contributed by atoms with Crippen molar-refractivity contribution in [2.75, 3.05) is 6.79 Å². The number of nitrogens with zero attached hydrogens (tertiary/aromatic N) is 3. The van der Waals surface area contributed by atoms with Crippen molar-refractivity contribution in [1.29, 1.82) is 0 Å². The Morgan fingerprint density at radius 2 is 2.00 bits per heavy atom. The van der Waals surface area contributed by atoms with Crippen molar-refractivity contribution in [3.05, 3.63) is 69.1 Å². The van der Waals surface area contributed by atoms with Gasteiger partial charge < -0.3 is 9.47 Å². The third-order valence-corrected chi connectivity index (χ3v) is 6.43. The first kappa shape index (κ1) is 18.8. The van der Waals surface area contributed by atoms with Crippen molar-refractivity contribution in [1.82, 2.24) is 15.2 Å². The van der Waals surface area contributed by atoms with Gasteiger partial charge in [-0.1, -0.05) is 18.2 Å². The van der Waals surface area contributed by atoms with E-state index in [1.165, 1.54) is 11.3 Å². The highest BCUT2D eigenvalue weighted by atomic mass is 79.9. The maximum Gasteiger partial charge on any atom is 0.281 e. The standard InChI is InChI=1S/C21H15BrN4O3S/c1-12-15-8-19(30-21(15)26(25-12)14-5-3-2-4-6-14)20(27)24-23-10-13-7-17-18(9-16(13)22)29-11-28-17/h2-10H,11H2,1H3,(H,24,27)/b23-10+. The van der Waals surface area contributed by atoms with E-state index in [9.17, 15) is 4.79 Å². The highest BCUT2D eigenvalue weighted by Gasteiger charge is 2.18. The van der Waals surface area contributed by atoms with Gasteiger partial charge in [0, 0.05) is 15.4 Å². The number of benzene rings is 2. The lowest BCUT2D eigenvalue weighted by Crippen LogP contribution is -2.16. The molecule has 2 aromatic carbocycles. The molecular formula is C21H15BrN4O3S. The first-order valence-electron chi connectivity index (χ1n) is 9.07. The topological polar surface area (TPSA) is 77.7 Å². The maximum atomic E-state index is 12.6. The molecule has 1 N–H and O–H groups in total. The molecule has 5 rings (SSSR count). The van der Waals surface area contributed by atoms with Gasteiger partial charge >= 0.3 is 0 Å². The van der Waals surface area contributed by atoms with Crippen LogP contribution in [0.3, 0.4) is 0 Å². The molecular weight excluding hydrogens is 468 g/mol. The number of carbonyl (C=O) groups is 1. The number of halogens is 1. The lowest BCUT2D eigenvalue weighted by atomic mass is 10.2. The SMILES string of the molecule is Cc1nn(-c2ccccc2)c2sc(C(=O)N/N=C/c3cc4c(cc3Br)OCO4)cc12. The fourth-order valence-electron chi connectivity index (χ4n) is 3.15. The molecule has 0 unspecified atom stereocenters. The Hall–Kier alpha value is -3.17. The van der Waals surface area contributed by atoms with E-state index in [-0.39, 0.29) is 12.7 Å². The molecule has 3 heterocycles. The van der Waals surface area contributed by atoms with Gasteiger partial charge in [0.1, 0.15) is 4.83 Å². The van der Waals surface area contributed by atoms with E-state index >= 15 is 0 Å². The first-order valence-corrected chi connectivity index (χ1v) is 10.7. The van der Waals surface area contributed by atoms with Crippen LogP contribution in [-0.2, 0) is 0 Å². The summed E-state index contributed by atoms with van der Waals surface area (Å²) >= 11 is 4.85. The van der Waals surface area contributed by atoms with Gasteiger partial charge in [-0.25, -0.2) is 10.1 Å². The van der Waals surface area contributed by atoms with Crippen LogP contribution in [0.5, 0.6) is 11.5 Å². The van der Waals surface area contributed by atoms with Crippen LogP contribution in [0.15, 0.2) is 58.1 Å². The molecule has 1 aliphatic heterocycles. The summed E-state index contributed by atoms with van der Waals surface area (Å²) in [4.78, 5) is 14.1. The van der Waals surface area contributed by atoms with Crippen molar-refractivity contribution < 1.29 is 14.3 Å². The van der Waals surface area contributed by atoms with Crippen LogP contribution in [0.25, 0.3) is 15.9 Å². The third-order valence-electron chi connectivity index (χ3n) is 4.63. The molecule has 30 heavy (non-hydrogen) atoms. The van der Waals surface area contributed by atoms with Gasteiger partial charge in [0.25, 0.3) is 5.91 Å². The number of amides is 1. The Labute approximate surface area is 184 Å². The minimum absolute atomic E-state index is 0.199. The predicted molar refractivity (Wildman–Crippen MR) is 119 cm³/mol. The second-order valence-corrected chi connectivity index (χ2v) is 8.47. The summed E-state index contributed by atoms with van der Waals surface area (Å²) < 4.78 is 13.4. The number of aryl methyl sites for hydroxylation is 1. The lowest BCUT2D eigenvalue weighted by molar-refractivity contribution is 0.0959. The second-order valence-electron chi connectivity index (χ2n) is 6.59. The first-order chi connectivity index (χ1) is 14.6. The Bertz CT molecular complexity index is 1300. The molecule has 1 amide bonds. The molecule has 0 aliphatic carbocycles. The number of hydrogen-bond donors (Lipinski definition) is 1. The molecule has 0 atom stereocenters. The fraction of sp³-hybridized carbons (Fsp3) is 0.0952. The van der Waals surface area contributed by atoms with Crippen LogP contribution in [0.1, 0.15) is 20.9 Å². The largest absolute Gasteiger partial charge is 0.454 e. The molecule has 0 spiro atoms. The zero-order chi connectivity index (χ0) is 20.7. The number of rotatable bonds is 4. The van der Waals surface area contributed by atoms with Gasteiger partial charge in [0.15, 0.2) is 11.5 Å². The average Bonchev–Trinajstić information content (AvgIpc) is 3.45. The fourth-order valence-corrected chi connectivity index (χ4v) is 4.65. The number of ether oxygens (including phenoxy) is 2. The summed E-state index contributed by atoms with van der Waals surface area (Å²) in [6.07, 6.45) is 1.56. The summed E-state index contributed by atoms with van der Waals surface area (Å²) in [5.41, 5.74) is 5.19. The number of carbonyl (C=O) groups excluding carboxylic acids is 1. The number of hydrogen-bond acceptors (Lipinski definition) is 6. The van der Waals surface area contributed by atoms with Gasteiger partial charge in [-0.3, -0.25) is 4.79 Å². The van der Waals surface area contributed by atoms with E-state index in [1.54, 1.807) is 12.3 Å².